The van der Waals surface area contributed by atoms with Crippen LogP contribution in [0.5, 0.6) is 0 Å². The van der Waals surface area contributed by atoms with Gasteiger partial charge in [-0.15, -0.1) is 0 Å². The minimum absolute atomic E-state index is 0.572. The van der Waals surface area contributed by atoms with Gasteiger partial charge < -0.3 is 5.32 Å². The van der Waals surface area contributed by atoms with Gasteiger partial charge in [0.25, 0.3) is 0 Å². The lowest BCUT2D eigenvalue weighted by Gasteiger charge is -2.26. The van der Waals surface area contributed by atoms with Crippen LogP contribution >= 0.6 is 0 Å². The molecule has 1 aromatic carbocycles. The molecule has 0 unspecified atom stereocenters. The fourth-order valence-electron chi connectivity index (χ4n) is 3.94. The molecule has 0 amide bonds. The molecule has 2 aliphatic rings. The van der Waals surface area contributed by atoms with Gasteiger partial charge in [0.05, 0.1) is 17.1 Å². The maximum atomic E-state index is 5.12. The van der Waals surface area contributed by atoms with Crippen molar-refractivity contribution in [1.82, 2.24) is 9.97 Å². The van der Waals surface area contributed by atoms with Gasteiger partial charge in [0.1, 0.15) is 5.82 Å². The van der Waals surface area contributed by atoms with Gasteiger partial charge in [0.15, 0.2) is 0 Å². The molecule has 1 N–H and O–H groups in total. The molecule has 2 aromatic rings. The Kier molecular flexibility index (Phi) is 3.57. The minimum Gasteiger partial charge on any atom is -0.372 e. The summed E-state index contributed by atoms with van der Waals surface area (Å²) in [4.78, 5) is 10.1. The third-order valence-corrected chi connectivity index (χ3v) is 5.13. The molecule has 114 valence electrons. The minimum atomic E-state index is 0.572. The second-order valence-corrected chi connectivity index (χ2v) is 6.49. The molecule has 22 heavy (non-hydrogen) atoms. The van der Waals surface area contributed by atoms with E-state index < -0.39 is 0 Å². The van der Waals surface area contributed by atoms with Gasteiger partial charge in [-0.1, -0.05) is 43.5 Å². The first kappa shape index (κ1) is 13.7. The van der Waals surface area contributed by atoms with Crippen molar-refractivity contribution < 1.29 is 0 Å². The molecule has 2 aliphatic carbocycles. The molecule has 0 spiro atoms. The topological polar surface area (TPSA) is 37.8 Å². The number of fused-ring (bicyclic) bond motifs is 3. The van der Waals surface area contributed by atoms with E-state index in [0.717, 1.165) is 30.0 Å². The number of hydrogen-bond acceptors (Lipinski definition) is 3. The van der Waals surface area contributed by atoms with E-state index in [1.807, 2.05) is 7.05 Å². The summed E-state index contributed by atoms with van der Waals surface area (Å²) in [6.07, 6.45) is 8.59. The Morgan fingerprint density at radius 2 is 1.82 bits per heavy atom. The van der Waals surface area contributed by atoms with Crippen LogP contribution in [0.15, 0.2) is 24.3 Å². The quantitative estimate of drug-likeness (QED) is 0.895. The summed E-state index contributed by atoms with van der Waals surface area (Å²) in [5.41, 5.74) is 6.17. The van der Waals surface area contributed by atoms with Crippen LogP contribution in [-0.2, 0) is 12.8 Å². The molecule has 3 heteroatoms. The molecule has 1 heterocycles. The van der Waals surface area contributed by atoms with E-state index in [1.54, 1.807) is 0 Å². The van der Waals surface area contributed by atoms with Crippen molar-refractivity contribution in [3.63, 3.8) is 0 Å². The van der Waals surface area contributed by atoms with Gasteiger partial charge in [-0.25, -0.2) is 9.97 Å². The summed E-state index contributed by atoms with van der Waals surface area (Å²) < 4.78 is 0. The fraction of sp³-hybridized carbons (Fsp3) is 0.474. The molecular formula is C19H23N3. The molecular weight excluding hydrogens is 270 g/mol. The highest BCUT2D eigenvalue weighted by Gasteiger charge is 2.25. The Balaban J connectivity index is 1.83. The van der Waals surface area contributed by atoms with E-state index in [1.165, 1.54) is 48.9 Å². The van der Waals surface area contributed by atoms with Gasteiger partial charge in [-0.05, 0) is 31.2 Å². The van der Waals surface area contributed by atoms with E-state index in [0.29, 0.717) is 5.92 Å². The summed E-state index contributed by atoms with van der Waals surface area (Å²) in [5.74, 6) is 1.58. The standard InChI is InChI=1S/C19H23N3/c1-20-19-17(14-8-3-2-4-9-14)22-18-15-10-6-5-7-13(15)11-12-16(18)21-19/h5-7,10,14H,2-4,8-9,11-12H2,1H3,(H,20,21). The summed E-state index contributed by atoms with van der Waals surface area (Å²) >= 11 is 0. The van der Waals surface area contributed by atoms with E-state index in [2.05, 4.69) is 29.6 Å². The summed E-state index contributed by atoms with van der Waals surface area (Å²) in [7, 11) is 1.97. The first-order valence-electron chi connectivity index (χ1n) is 8.53. The average Bonchev–Trinajstić information content (AvgIpc) is 2.61. The van der Waals surface area contributed by atoms with Gasteiger partial charge >= 0.3 is 0 Å². The van der Waals surface area contributed by atoms with Crippen LogP contribution in [0.4, 0.5) is 5.82 Å². The molecule has 1 aromatic heterocycles. The number of nitrogens with zero attached hydrogens (tertiary/aromatic N) is 2. The first-order valence-corrected chi connectivity index (χ1v) is 8.53. The molecule has 0 radical (unpaired) electrons. The van der Waals surface area contributed by atoms with Crippen LogP contribution in [0.25, 0.3) is 11.3 Å². The highest BCUT2D eigenvalue weighted by molar-refractivity contribution is 5.69. The fourth-order valence-corrected chi connectivity index (χ4v) is 3.94. The van der Waals surface area contributed by atoms with Crippen molar-refractivity contribution in [2.45, 2.75) is 50.9 Å². The molecule has 0 saturated heterocycles. The van der Waals surface area contributed by atoms with Crippen molar-refractivity contribution in [1.29, 1.82) is 0 Å². The third-order valence-electron chi connectivity index (χ3n) is 5.13. The molecule has 3 nitrogen and oxygen atoms in total. The van der Waals surface area contributed by atoms with Crippen LogP contribution in [0, 0.1) is 0 Å². The molecule has 4 rings (SSSR count). The third kappa shape index (κ3) is 2.29. The van der Waals surface area contributed by atoms with Crippen LogP contribution in [0.2, 0.25) is 0 Å². The number of anilines is 1. The van der Waals surface area contributed by atoms with E-state index in [4.69, 9.17) is 9.97 Å². The number of rotatable bonds is 2. The van der Waals surface area contributed by atoms with Crippen molar-refractivity contribution in [3.05, 3.63) is 41.2 Å². The Morgan fingerprint density at radius 3 is 2.64 bits per heavy atom. The monoisotopic (exact) mass is 293 g/mol. The maximum Gasteiger partial charge on any atom is 0.148 e. The largest absolute Gasteiger partial charge is 0.372 e. The van der Waals surface area contributed by atoms with E-state index in [-0.39, 0.29) is 0 Å². The van der Waals surface area contributed by atoms with Crippen LogP contribution in [0.3, 0.4) is 0 Å². The molecule has 1 saturated carbocycles. The maximum absolute atomic E-state index is 5.12. The van der Waals surface area contributed by atoms with Crippen molar-refractivity contribution in [3.8, 4) is 11.3 Å². The van der Waals surface area contributed by atoms with Gasteiger partial charge in [0.2, 0.25) is 0 Å². The van der Waals surface area contributed by atoms with Gasteiger partial charge in [0, 0.05) is 18.5 Å². The number of aryl methyl sites for hydroxylation is 2. The number of aromatic nitrogens is 2. The SMILES string of the molecule is CNc1nc2c(nc1C1CCCCC1)-c1ccccc1CC2. The zero-order valence-electron chi connectivity index (χ0n) is 13.2. The Hall–Kier alpha value is -1.90. The molecule has 0 atom stereocenters. The zero-order valence-corrected chi connectivity index (χ0v) is 13.2. The average molecular weight is 293 g/mol. The summed E-state index contributed by atoms with van der Waals surface area (Å²) in [5, 5.41) is 3.29. The smallest absolute Gasteiger partial charge is 0.148 e. The van der Waals surface area contributed by atoms with Crippen molar-refractivity contribution in [2.75, 3.05) is 12.4 Å². The van der Waals surface area contributed by atoms with Gasteiger partial charge in [-0.2, -0.15) is 0 Å². The summed E-state index contributed by atoms with van der Waals surface area (Å²) in [6, 6.07) is 8.67. The predicted molar refractivity (Wildman–Crippen MR) is 90.2 cm³/mol. The highest BCUT2D eigenvalue weighted by atomic mass is 15.0. The Bertz CT molecular complexity index is 687. The lowest BCUT2D eigenvalue weighted by Crippen LogP contribution is -2.16. The molecule has 0 bridgehead atoms. The highest BCUT2D eigenvalue weighted by Crippen LogP contribution is 2.38. The number of benzene rings is 1. The second kappa shape index (κ2) is 5.71. The van der Waals surface area contributed by atoms with Crippen molar-refractivity contribution in [2.24, 2.45) is 0 Å². The molecule has 0 aliphatic heterocycles. The Morgan fingerprint density at radius 1 is 1.00 bits per heavy atom. The first-order chi connectivity index (χ1) is 10.9. The summed E-state index contributed by atoms with van der Waals surface area (Å²) in [6.45, 7) is 0. The van der Waals surface area contributed by atoms with Gasteiger partial charge in [-0.3, -0.25) is 0 Å². The van der Waals surface area contributed by atoms with Crippen molar-refractivity contribution >= 4 is 5.82 Å². The zero-order chi connectivity index (χ0) is 14.9. The Labute approximate surface area is 132 Å². The van der Waals surface area contributed by atoms with E-state index in [9.17, 15) is 0 Å². The van der Waals surface area contributed by atoms with Crippen LogP contribution < -0.4 is 5.32 Å². The lowest BCUT2D eigenvalue weighted by atomic mass is 9.85. The lowest BCUT2D eigenvalue weighted by molar-refractivity contribution is 0.436. The number of hydrogen-bond donors (Lipinski definition) is 1. The molecule has 1 fully saturated rings. The van der Waals surface area contributed by atoms with Crippen LogP contribution in [-0.4, -0.2) is 17.0 Å². The predicted octanol–water partition coefficient (Wildman–Crippen LogP) is 4.33. The second-order valence-electron chi connectivity index (χ2n) is 6.49. The normalized spacial score (nSPS) is 17.7. The van der Waals surface area contributed by atoms with E-state index >= 15 is 0 Å². The van der Waals surface area contributed by atoms with Crippen LogP contribution in [0.1, 0.15) is 55.0 Å². The number of nitrogens with one attached hydrogen (secondary N) is 1.